The number of amides is 1. The topological polar surface area (TPSA) is 56.2 Å². The highest BCUT2D eigenvalue weighted by atomic mass is 16.5. The first-order chi connectivity index (χ1) is 11.8. The van der Waals surface area contributed by atoms with Crippen molar-refractivity contribution in [3.8, 4) is 0 Å². The molecule has 1 amide bonds. The van der Waals surface area contributed by atoms with Crippen molar-refractivity contribution in [1.82, 2.24) is 14.9 Å². The standard InChI is InChI=1S/C19H25N3O2/c23-18(20-14-7-2-1-3-8-14)13-22-16-10-5-4-9-15(16)21-19(22)17-11-6-12-24-17/h4-5,9-10,14,17H,1-3,6-8,11-13H2,(H,20,23). The summed E-state index contributed by atoms with van der Waals surface area (Å²) in [6.45, 7) is 1.11. The maximum Gasteiger partial charge on any atom is 0.240 e. The fraction of sp³-hybridized carbons (Fsp3) is 0.579. The van der Waals surface area contributed by atoms with Gasteiger partial charge in [-0.3, -0.25) is 4.79 Å². The highest BCUT2D eigenvalue weighted by molar-refractivity contribution is 5.81. The lowest BCUT2D eigenvalue weighted by Gasteiger charge is -2.23. The molecule has 1 aromatic heterocycles. The summed E-state index contributed by atoms with van der Waals surface area (Å²) >= 11 is 0. The number of hydrogen-bond donors (Lipinski definition) is 1. The number of nitrogens with zero attached hydrogens (tertiary/aromatic N) is 2. The summed E-state index contributed by atoms with van der Waals surface area (Å²) in [5, 5.41) is 3.21. The highest BCUT2D eigenvalue weighted by Gasteiger charge is 2.26. The number of hydrogen-bond acceptors (Lipinski definition) is 3. The van der Waals surface area contributed by atoms with E-state index >= 15 is 0 Å². The molecule has 0 radical (unpaired) electrons. The molecular weight excluding hydrogens is 302 g/mol. The van der Waals surface area contributed by atoms with Crippen LogP contribution in [0.15, 0.2) is 24.3 Å². The second-order valence-corrected chi connectivity index (χ2v) is 6.95. The lowest BCUT2D eigenvalue weighted by Crippen LogP contribution is -2.38. The van der Waals surface area contributed by atoms with E-state index in [1.165, 1.54) is 19.3 Å². The molecule has 2 aromatic rings. The van der Waals surface area contributed by atoms with Crippen molar-refractivity contribution in [2.45, 2.75) is 63.6 Å². The van der Waals surface area contributed by atoms with Gasteiger partial charge in [0.05, 0.1) is 11.0 Å². The number of aromatic nitrogens is 2. The molecule has 128 valence electrons. The SMILES string of the molecule is O=C(Cn1c(C2CCCO2)nc2ccccc21)NC1CCCCC1. The molecule has 24 heavy (non-hydrogen) atoms. The largest absolute Gasteiger partial charge is 0.370 e. The summed E-state index contributed by atoms with van der Waals surface area (Å²) < 4.78 is 7.87. The van der Waals surface area contributed by atoms with Crippen molar-refractivity contribution in [1.29, 1.82) is 0 Å². The fourth-order valence-electron chi connectivity index (χ4n) is 3.95. The Labute approximate surface area is 142 Å². The molecule has 1 saturated heterocycles. The Morgan fingerprint density at radius 1 is 1.17 bits per heavy atom. The van der Waals surface area contributed by atoms with Crippen LogP contribution in [0.3, 0.4) is 0 Å². The van der Waals surface area contributed by atoms with Crippen molar-refractivity contribution < 1.29 is 9.53 Å². The highest BCUT2D eigenvalue weighted by Crippen LogP contribution is 2.30. The summed E-state index contributed by atoms with van der Waals surface area (Å²) in [6, 6.07) is 8.37. The van der Waals surface area contributed by atoms with Gasteiger partial charge in [-0.2, -0.15) is 0 Å². The van der Waals surface area contributed by atoms with E-state index in [1.807, 2.05) is 28.8 Å². The monoisotopic (exact) mass is 327 g/mol. The number of carbonyl (C=O) groups is 1. The molecule has 2 aliphatic rings. The van der Waals surface area contributed by atoms with Gasteiger partial charge in [-0.25, -0.2) is 4.98 Å². The third-order valence-corrected chi connectivity index (χ3v) is 5.17. The van der Waals surface area contributed by atoms with Gasteiger partial charge in [-0.05, 0) is 37.8 Å². The number of nitrogens with one attached hydrogen (secondary N) is 1. The van der Waals surface area contributed by atoms with Crippen molar-refractivity contribution in [3.05, 3.63) is 30.1 Å². The first-order valence-corrected chi connectivity index (χ1v) is 9.17. The molecule has 5 heteroatoms. The smallest absolute Gasteiger partial charge is 0.240 e. The van der Waals surface area contributed by atoms with Crippen LogP contribution in [-0.2, 0) is 16.1 Å². The van der Waals surface area contributed by atoms with Gasteiger partial charge in [0.15, 0.2) is 0 Å². The lowest BCUT2D eigenvalue weighted by molar-refractivity contribution is -0.122. The number of ether oxygens (including phenoxy) is 1. The van der Waals surface area contributed by atoms with Gasteiger partial charge in [-0.1, -0.05) is 31.4 Å². The molecule has 5 nitrogen and oxygen atoms in total. The Balaban J connectivity index is 1.57. The average molecular weight is 327 g/mol. The zero-order valence-electron chi connectivity index (χ0n) is 14.0. The normalized spacial score (nSPS) is 22.1. The van der Waals surface area contributed by atoms with Crippen molar-refractivity contribution >= 4 is 16.9 Å². The summed E-state index contributed by atoms with van der Waals surface area (Å²) in [7, 11) is 0. The predicted molar refractivity (Wildman–Crippen MR) is 92.7 cm³/mol. The van der Waals surface area contributed by atoms with Crippen LogP contribution in [0.5, 0.6) is 0 Å². The Morgan fingerprint density at radius 2 is 2.00 bits per heavy atom. The van der Waals surface area contributed by atoms with E-state index in [4.69, 9.17) is 9.72 Å². The first kappa shape index (κ1) is 15.6. The minimum Gasteiger partial charge on any atom is -0.370 e. The molecule has 0 spiro atoms. The van der Waals surface area contributed by atoms with Crippen LogP contribution < -0.4 is 5.32 Å². The molecule has 1 saturated carbocycles. The molecule has 0 bridgehead atoms. The predicted octanol–water partition coefficient (Wildman–Crippen LogP) is 3.34. The fourth-order valence-corrected chi connectivity index (χ4v) is 3.95. The van der Waals surface area contributed by atoms with Gasteiger partial charge in [0.1, 0.15) is 18.5 Å². The van der Waals surface area contributed by atoms with Crippen LogP contribution in [0.4, 0.5) is 0 Å². The zero-order chi connectivity index (χ0) is 16.4. The van der Waals surface area contributed by atoms with E-state index in [0.717, 1.165) is 49.1 Å². The second-order valence-electron chi connectivity index (χ2n) is 6.95. The molecule has 1 aromatic carbocycles. The van der Waals surface area contributed by atoms with Crippen molar-refractivity contribution in [3.63, 3.8) is 0 Å². The molecule has 1 unspecified atom stereocenters. The number of imidazole rings is 1. The molecule has 2 fully saturated rings. The average Bonchev–Trinajstić information content (AvgIpc) is 3.24. The Morgan fingerprint density at radius 3 is 2.79 bits per heavy atom. The van der Waals surface area contributed by atoms with Crippen LogP contribution in [0.1, 0.15) is 56.9 Å². The lowest BCUT2D eigenvalue weighted by atomic mass is 9.95. The van der Waals surface area contributed by atoms with Gasteiger partial charge in [0.25, 0.3) is 0 Å². The van der Waals surface area contributed by atoms with Gasteiger partial charge >= 0.3 is 0 Å². The molecule has 1 N–H and O–H groups in total. The second kappa shape index (κ2) is 6.93. The summed E-state index contributed by atoms with van der Waals surface area (Å²) in [5.74, 6) is 0.983. The van der Waals surface area contributed by atoms with Crippen molar-refractivity contribution in [2.24, 2.45) is 0 Å². The summed E-state index contributed by atoms with van der Waals surface area (Å²) in [6.07, 6.45) is 8.00. The number of rotatable bonds is 4. The number of carbonyl (C=O) groups excluding carboxylic acids is 1. The van der Waals surface area contributed by atoms with E-state index in [1.54, 1.807) is 0 Å². The molecule has 4 rings (SSSR count). The van der Waals surface area contributed by atoms with E-state index in [9.17, 15) is 4.79 Å². The Kier molecular flexibility index (Phi) is 4.52. The quantitative estimate of drug-likeness (QED) is 0.937. The minimum absolute atomic E-state index is 0.0138. The van der Waals surface area contributed by atoms with E-state index in [2.05, 4.69) is 5.32 Å². The number of fused-ring (bicyclic) bond motifs is 1. The number of para-hydroxylation sites is 2. The molecule has 2 heterocycles. The third kappa shape index (κ3) is 3.18. The molecular formula is C19H25N3O2. The van der Waals surface area contributed by atoms with Crippen LogP contribution in [0.2, 0.25) is 0 Å². The van der Waals surface area contributed by atoms with Crippen molar-refractivity contribution in [2.75, 3.05) is 6.61 Å². The third-order valence-electron chi connectivity index (χ3n) is 5.17. The Hall–Kier alpha value is -1.88. The molecule has 1 aliphatic heterocycles. The van der Waals surface area contributed by atoms with Gasteiger partial charge in [0, 0.05) is 12.6 Å². The van der Waals surface area contributed by atoms with Crippen LogP contribution >= 0.6 is 0 Å². The Bertz CT molecular complexity index is 712. The molecule has 1 aliphatic carbocycles. The maximum absolute atomic E-state index is 12.6. The van der Waals surface area contributed by atoms with E-state index in [-0.39, 0.29) is 12.0 Å². The summed E-state index contributed by atoms with van der Waals surface area (Å²) in [4.78, 5) is 17.3. The van der Waals surface area contributed by atoms with E-state index < -0.39 is 0 Å². The van der Waals surface area contributed by atoms with Gasteiger partial charge in [0.2, 0.25) is 5.91 Å². The minimum atomic E-state index is 0.0138. The summed E-state index contributed by atoms with van der Waals surface area (Å²) in [5.41, 5.74) is 1.95. The first-order valence-electron chi connectivity index (χ1n) is 9.17. The zero-order valence-corrected chi connectivity index (χ0v) is 14.0. The van der Waals surface area contributed by atoms with E-state index in [0.29, 0.717) is 12.6 Å². The van der Waals surface area contributed by atoms with Crippen LogP contribution in [-0.4, -0.2) is 28.1 Å². The molecule has 1 atom stereocenters. The van der Waals surface area contributed by atoms with Gasteiger partial charge in [-0.15, -0.1) is 0 Å². The number of benzene rings is 1. The van der Waals surface area contributed by atoms with Crippen LogP contribution in [0.25, 0.3) is 11.0 Å². The van der Waals surface area contributed by atoms with Gasteiger partial charge < -0.3 is 14.6 Å². The van der Waals surface area contributed by atoms with Crippen LogP contribution in [0, 0.1) is 0 Å². The maximum atomic E-state index is 12.6.